The number of likely N-dealkylation sites (N-methyl/N-ethyl adjacent to an activating group) is 1. The first kappa shape index (κ1) is 74.0. The van der Waals surface area contributed by atoms with Gasteiger partial charge < -0.3 is 19.8 Å². The summed E-state index contributed by atoms with van der Waals surface area (Å²) in [6, 6.07) is -0.846. The summed E-state index contributed by atoms with van der Waals surface area (Å²) in [6.07, 6.45) is 74.5. The second-order valence-electron chi connectivity index (χ2n) is 24.2. The molecule has 3 N–H and O–H groups in total. The van der Waals surface area contributed by atoms with E-state index < -0.39 is 20.0 Å². The maximum absolute atomic E-state index is 13.0. The Kier molecular flexibility index (Phi) is 56.9. The number of allylic oxidation sites excluding steroid dienone is 3. The summed E-state index contributed by atoms with van der Waals surface area (Å²) in [7, 11) is 1.59. The van der Waals surface area contributed by atoms with Gasteiger partial charge in [-0.25, -0.2) is 4.57 Å². The molecule has 0 aliphatic heterocycles. The van der Waals surface area contributed by atoms with Crippen LogP contribution in [0.1, 0.15) is 341 Å². The molecule has 0 rings (SSSR count). The number of nitrogens with one attached hydrogen (secondary N) is 1. The highest BCUT2D eigenvalue weighted by molar-refractivity contribution is 7.47. The van der Waals surface area contributed by atoms with E-state index in [2.05, 4.69) is 31.3 Å². The molecule has 3 atom stereocenters. The molecular formula is C66H132N2O6P+. The van der Waals surface area contributed by atoms with E-state index >= 15 is 0 Å². The van der Waals surface area contributed by atoms with Gasteiger partial charge in [0.2, 0.25) is 5.91 Å². The van der Waals surface area contributed by atoms with E-state index in [1.54, 1.807) is 6.08 Å². The van der Waals surface area contributed by atoms with Gasteiger partial charge in [-0.2, -0.15) is 0 Å². The topological polar surface area (TPSA) is 105 Å². The van der Waals surface area contributed by atoms with Crippen molar-refractivity contribution in [2.75, 3.05) is 40.9 Å². The minimum Gasteiger partial charge on any atom is -0.387 e. The van der Waals surface area contributed by atoms with Crippen LogP contribution in [0.25, 0.3) is 0 Å². The van der Waals surface area contributed by atoms with Crippen molar-refractivity contribution in [3.05, 3.63) is 24.3 Å². The monoisotopic (exact) mass is 1080 g/mol. The molecule has 75 heavy (non-hydrogen) atoms. The lowest BCUT2D eigenvalue weighted by Crippen LogP contribution is -2.45. The van der Waals surface area contributed by atoms with Crippen molar-refractivity contribution < 1.29 is 32.9 Å². The van der Waals surface area contributed by atoms with E-state index in [4.69, 9.17) is 9.05 Å². The minimum atomic E-state index is -4.35. The van der Waals surface area contributed by atoms with Gasteiger partial charge in [-0.05, 0) is 44.9 Å². The molecule has 1 amide bonds. The fourth-order valence-electron chi connectivity index (χ4n) is 10.2. The van der Waals surface area contributed by atoms with Crippen molar-refractivity contribution in [1.82, 2.24) is 5.32 Å². The number of rotatable bonds is 62. The Labute approximate surface area is 468 Å². The normalized spacial score (nSPS) is 13.9. The quantitative estimate of drug-likeness (QED) is 0.0243. The molecule has 0 aromatic rings. The van der Waals surface area contributed by atoms with Crippen LogP contribution in [0.15, 0.2) is 24.3 Å². The number of unbranched alkanes of at least 4 members (excludes halogenated alkanes) is 47. The predicted octanol–water partition coefficient (Wildman–Crippen LogP) is 20.7. The lowest BCUT2D eigenvalue weighted by Gasteiger charge is -2.25. The number of phosphoric acid groups is 1. The van der Waals surface area contributed by atoms with Gasteiger partial charge in [0.1, 0.15) is 13.2 Å². The molecule has 0 saturated heterocycles. The summed E-state index contributed by atoms with van der Waals surface area (Å²) < 4.78 is 23.8. The van der Waals surface area contributed by atoms with Gasteiger partial charge in [0, 0.05) is 6.42 Å². The Morgan fingerprint density at radius 2 is 0.720 bits per heavy atom. The lowest BCUT2D eigenvalue weighted by molar-refractivity contribution is -0.870. The number of nitrogens with zero attached hydrogens (tertiary/aromatic N) is 1. The minimum absolute atomic E-state index is 0.0638. The Balaban J connectivity index is 4.08. The maximum atomic E-state index is 13.0. The van der Waals surface area contributed by atoms with Crippen LogP contribution in [0.4, 0.5) is 0 Å². The maximum Gasteiger partial charge on any atom is 0.472 e. The molecule has 0 aliphatic rings. The molecule has 0 saturated carbocycles. The second-order valence-corrected chi connectivity index (χ2v) is 25.7. The highest BCUT2D eigenvalue weighted by Gasteiger charge is 2.28. The lowest BCUT2D eigenvalue weighted by atomic mass is 10.0. The average molecular weight is 1080 g/mol. The van der Waals surface area contributed by atoms with E-state index in [1.165, 1.54) is 289 Å². The third-order valence-electron chi connectivity index (χ3n) is 15.4. The van der Waals surface area contributed by atoms with Crippen LogP contribution in [-0.4, -0.2) is 73.4 Å². The van der Waals surface area contributed by atoms with Crippen LogP contribution >= 0.6 is 7.82 Å². The molecule has 8 nitrogen and oxygen atoms in total. The van der Waals surface area contributed by atoms with E-state index in [0.717, 1.165) is 32.1 Å². The van der Waals surface area contributed by atoms with Gasteiger partial charge in [-0.1, -0.05) is 314 Å². The molecule has 0 spiro atoms. The summed E-state index contributed by atoms with van der Waals surface area (Å²) in [6.45, 7) is 4.88. The fraction of sp³-hybridized carbons (Fsp3) is 0.924. The highest BCUT2D eigenvalue weighted by atomic mass is 31.2. The third-order valence-corrected chi connectivity index (χ3v) is 16.4. The summed E-state index contributed by atoms with van der Waals surface area (Å²) in [5, 5.41) is 14.0. The van der Waals surface area contributed by atoms with Gasteiger partial charge in [0.05, 0.1) is 39.9 Å². The molecule has 0 fully saturated rings. The van der Waals surface area contributed by atoms with Crippen molar-refractivity contribution in [2.45, 2.75) is 353 Å². The number of quaternary nitrogens is 1. The Morgan fingerprint density at radius 1 is 0.440 bits per heavy atom. The van der Waals surface area contributed by atoms with Crippen molar-refractivity contribution in [3.8, 4) is 0 Å². The van der Waals surface area contributed by atoms with Gasteiger partial charge in [-0.15, -0.1) is 0 Å². The third kappa shape index (κ3) is 60.5. The van der Waals surface area contributed by atoms with Crippen LogP contribution < -0.4 is 5.32 Å². The van der Waals surface area contributed by atoms with Crippen molar-refractivity contribution in [1.29, 1.82) is 0 Å². The number of aliphatic hydroxyl groups is 1. The van der Waals surface area contributed by atoms with E-state index in [-0.39, 0.29) is 19.1 Å². The smallest absolute Gasteiger partial charge is 0.387 e. The van der Waals surface area contributed by atoms with Crippen LogP contribution in [0, 0.1) is 0 Å². The molecule has 0 radical (unpaired) electrons. The van der Waals surface area contributed by atoms with Crippen molar-refractivity contribution in [2.24, 2.45) is 0 Å². The molecule has 9 heteroatoms. The summed E-state index contributed by atoms with van der Waals surface area (Å²) in [5.74, 6) is -0.171. The van der Waals surface area contributed by atoms with E-state index in [1.807, 2.05) is 27.2 Å². The number of carbonyl (C=O) groups is 1. The van der Waals surface area contributed by atoms with Crippen LogP contribution in [0.2, 0.25) is 0 Å². The molecule has 0 bridgehead atoms. The molecule has 0 aromatic carbocycles. The number of hydrogen-bond donors (Lipinski definition) is 3. The SMILES string of the molecule is CCCCCCCCCCCCCC/C=C\CCCCCCCCCCCCCCCC(=O)NC(COP(=O)(O)OCC[N+](C)(C)C)C(O)/C=C/CCCCCCCCCCCCCCCCCCCCCCCC. The number of carbonyl (C=O) groups excluding carboxylic acids is 1. The Hall–Kier alpha value is -1.02. The number of phosphoric ester groups is 1. The van der Waals surface area contributed by atoms with Crippen molar-refractivity contribution >= 4 is 13.7 Å². The first-order chi connectivity index (χ1) is 36.5. The zero-order valence-electron chi connectivity index (χ0n) is 51.1. The molecule has 0 heterocycles. The fourth-order valence-corrected chi connectivity index (χ4v) is 11.0. The standard InChI is InChI=1S/C66H131N2O6P/c1-6-8-10-12-14-16-18-20-22-24-26-28-30-32-33-34-35-36-38-40-42-44-46-48-50-52-54-56-58-60-66(70)67-64(63-74-75(71,72)73-62-61-68(3,4)5)65(69)59-57-55-53-51-49-47-45-43-41-39-37-31-29-27-25-23-21-19-17-15-13-11-9-7-2/h32-33,57,59,64-65,69H,6-31,34-56,58,60-63H2,1-5H3,(H-,67,70,71,72)/p+1/b33-32-,59-57+. The van der Waals surface area contributed by atoms with Gasteiger partial charge in [0.25, 0.3) is 0 Å². The predicted molar refractivity (Wildman–Crippen MR) is 328 cm³/mol. The molecule has 0 aromatic heterocycles. The summed E-state index contributed by atoms with van der Waals surface area (Å²) >= 11 is 0. The van der Waals surface area contributed by atoms with E-state index in [0.29, 0.717) is 17.4 Å². The Morgan fingerprint density at radius 3 is 1.03 bits per heavy atom. The van der Waals surface area contributed by atoms with Crippen LogP contribution in [-0.2, 0) is 18.4 Å². The van der Waals surface area contributed by atoms with Crippen LogP contribution in [0.3, 0.4) is 0 Å². The number of hydrogen-bond acceptors (Lipinski definition) is 5. The average Bonchev–Trinajstić information content (AvgIpc) is 3.37. The van der Waals surface area contributed by atoms with Gasteiger partial charge >= 0.3 is 7.82 Å². The molecule has 0 aliphatic carbocycles. The number of aliphatic hydroxyl groups excluding tert-OH is 1. The summed E-state index contributed by atoms with van der Waals surface area (Å²) in [4.78, 5) is 23.4. The van der Waals surface area contributed by atoms with Gasteiger partial charge in [-0.3, -0.25) is 13.8 Å². The van der Waals surface area contributed by atoms with Gasteiger partial charge in [0.15, 0.2) is 0 Å². The molecule has 446 valence electrons. The largest absolute Gasteiger partial charge is 0.472 e. The zero-order chi connectivity index (χ0) is 54.9. The zero-order valence-corrected chi connectivity index (χ0v) is 52.0. The van der Waals surface area contributed by atoms with E-state index in [9.17, 15) is 19.4 Å². The number of amides is 1. The summed E-state index contributed by atoms with van der Waals surface area (Å²) in [5.41, 5.74) is 0. The molecular weight excluding hydrogens is 948 g/mol. The van der Waals surface area contributed by atoms with Crippen molar-refractivity contribution in [3.63, 3.8) is 0 Å². The first-order valence-electron chi connectivity index (χ1n) is 33.2. The second kappa shape index (κ2) is 57.7. The first-order valence-corrected chi connectivity index (χ1v) is 34.7. The van der Waals surface area contributed by atoms with Crippen LogP contribution in [0.5, 0.6) is 0 Å². The Bertz CT molecular complexity index is 1270. The molecule has 3 unspecified atom stereocenters. The highest BCUT2D eigenvalue weighted by Crippen LogP contribution is 2.43.